The minimum atomic E-state index is -0.917. The molecule has 1 aliphatic heterocycles. The van der Waals surface area contributed by atoms with E-state index >= 15 is 0 Å². The molecule has 1 saturated heterocycles. The van der Waals surface area contributed by atoms with Crippen molar-refractivity contribution >= 4 is 17.6 Å². The SMILES string of the molecule is Cc1ccccc1N1C(=O)N(Cc2ccccc2Cc2ccccc2)C(C)(C)C1=O. The molecule has 0 spiro atoms. The van der Waals surface area contributed by atoms with Gasteiger partial charge < -0.3 is 4.90 Å². The number of carbonyl (C=O) groups is 2. The van der Waals surface area contributed by atoms with Gasteiger partial charge in [-0.15, -0.1) is 0 Å². The van der Waals surface area contributed by atoms with E-state index in [4.69, 9.17) is 0 Å². The molecule has 30 heavy (non-hydrogen) atoms. The van der Waals surface area contributed by atoms with Gasteiger partial charge in [-0.1, -0.05) is 72.8 Å². The smallest absolute Gasteiger partial charge is 0.305 e. The molecule has 1 heterocycles. The van der Waals surface area contributed by atoms with Gasteiger partial charge in [-0.3, -0.25) is 4.79 Å². The largest absolute Gasteiger partial charge is 0.332 e. The molecule has 4 rings (SSSR count). The maximum atomic E-state index is 13.4. The van der Waals surface area contributed by atoms with Crippen LogP contribution in [0.15, 0.2) is 78.9 Å². The Bertz CT molecular complexity index is 1090. The number of rotatable bonds is 5. The number of anilines is 1. The van der Waals surface area contributed by atoms with Crippen molar-refractivity contribution < 1.29 is 9.59 Å². The standard InChI is InChI=1S/C26H26N2O2/c1-19-11-7-10-16-23(19)28-24(29)26(2,3)27(25(28)30)18-22-15-9-8-14-21(22)17-20-12-5-4-6-13-20/h4-16H,17-18H2,1-3H3. The Hall–Kier alpha value is -3.40. The lowest BCUT2D eigenvalue weighted by atomic mass is 9.97. The molecule has 0 aliphatic carbocycles. The Morgan fingerprint density at radius 1 is 0.767 bits per heavy atom. The summed E-state index contributed by atoms with van der Waals surface area (Å²) < 4.78 is 0. The Balaban J connectivity index is 1.66. The molecule has 0 unspecified atom stereocenters. The Labute approximate surface area is 177 Å². The third-order valence-corrected chi connectivity index (χ3v) is 5.86. The molecule has 0 bridgehead atoms. The lowest BCUT2D eigenvalue weighted by Gasteiger charge is -2.28. The minimum Gasteiger partial charge on any atom is -0.305 e. The topological polar surface area (TPSA) is 40.6 Å². The van der Waals surface area contributed by atoms with Crippen LogP contribution < -0.4 is 4.90 Å². The first kappa shape index (κ1) is 19.9. The van der Waals surface area contributed by atoms with Gasteiger partial charge in [0.25, 0.3) is 5.91 Å². The van der Waals surface area contributed by atoms with Crippen molar-refractivity contribution in [3.63, 3.8) is 0 Å². The van der Waals surface area contributed by atoms with Crippen molar-refractivity contribution in [2.45, 2.75) is 39.3 Å². The molecule has 0 aromatic heterocycles. The Kier molecular flexibility index (Phi) is 5.17. The second kappa shape index (κ2) is 7.79. The van der Waals surface area contributed by atoms with Crippen LogP contribution in [0.3, 0.4) is 0 Å². The first-order valence-electron chi connectivity index (χ1n) is 10.2. The minimum absolute atomic E-state index is 0.192. The number of amides is 3. The molecule has 1 aliphatic rings. The summed E-state index contributed by atoms with van der Waals surface area (Å²) in [7, 11) is 0. The fraction of sp³-hybridized carbons (Fsp3) is 0.231. The van der Waals surface area contributed by atoms with Crippen LogP contribution in [0.25, 0.3) is 0 Å². The predicted octanol–water partition coefficient (Wildman–Crippen LogP) is 5.33. The van der Waals surface area contributed by atoms with E-state index in [9.17, 15) is 9.59 Å². The van der Waals surface area contributed by atoms with Gasteiger partial charge in [-0.25, -0.2) is 9.69 Å². The first-order chi connectivity index (χ1) is 14.4. The summed E-state index contributed by atoms with van der Waals surface area (Å²) in [5, 5.41) is 0. The van der Waals surface area contributed by atoms with Crippen LogP contribution in [0.2, 0.25) is 0 Å². The van der Waals surface area contributed by atoms with Gasteiger partial charge in [0.2, 0.25) is 0 Å². The van der Waals surface area contributed by atoms with Gasteiger partial charge >= 0.3 is 6.03 Å². The van der Waals surface area contributed by atoms with Gasteiger partial charge in [0.05, 0.1) is 5.69 Å². The molecule has 0 saturated carbocycles. The fourth-order valence-corrected chi connectivity index (χ4v) is 4.00. The van der Waals surface area contributed by atoms with Gasteiger partial charge in [-0.2, -0.15) is 0 Å². The van der Waals surface area contributed by atoms with Crippen molar-refractivity contribution in [2.24, 2.45) is 0 Å². The molecule has 152 valence electrons. The summed E-state index contributed by atoms with van der Waals surface area (Å²) in [5.41, 5.74) is 4.08. The molecule has 3 aromatic carbocycles. The predicted molar refractivity (Wildman–Crippen MR) is 119 cm³/mol. The average Bonchev–Trinajstić information content (AvgIpc) is 2.90. The average molecular weight is 399 g/mol. The zero-order valence-electron chi connectivity index (χ0n) is 17.6. The van der Waals surface area contributed by atoms with E-state index in [2.05, 4.69) is 18.2 Å². The third-order valence-electron chi connectivity index (χ3n) is 5.86. The van der Waals surface area contributed by atoms with Crippen molar-refractivity contribution in [3.8, 4) is 0 Å². The molecule has 0 N–H and O–H groups in total. The maximum Gasteiger partial charge on any atom is 0.332 e. The molecule has 1 fully saturated rings. The zero-order chi connectivity index (χ0) is 21.3. The second-order valence-electron chi connectivity index (χ2n) is 8.29. The number of carbonyl (C=O) groups excluding carboxylic acids is 2. The van der Waals surface area contributed by atoms with Crippen LogP contribution in [0.1, 0.15) is 36.1 Å². The fourth-order valence-electron chi connectivity index (χ4n) is 4.00. The second-order valence-corrected chi connectivity index (χ2v) is 8.29. The van der Waals surface area contributed by atoms with Gasteiger partial charge in [0.15, 0.2) is 0 Å². The molecular formula is C26H26N2O2. The highest BCUT2D eigenvalue weighted by atomic mass is 16.2. The molecule has 0 radical (unpaired) electrons. The summed E-state index contributed by atoms with van der Waals surface area (Å²) in [6.45, 7) is 5.96. The highest BCUT2D eigenvalue weighted by Gasteiger charge is 2.52. The van der Waals surface area contributed by atoms with Crippen LogP contribution in [0, 0.1) is 6.92 Å². The van der Waals surface area contributed by atoms with Crippen molar-refractivity contribution in [2.75, 3.05) is 4.90 Å². The maximum absolute atomic E-state index is 13.4. The number of imide groups is 1. The van der Waals surface area contributed by atoms with E-state index in [0.717, 1.165) is 23.1 Å². The van der Waals surface area contributed by atoms with Gasteiger partial charge in [0, 0.05) is 6.54 Å². The third kappa shape index (κ3) is 3.50. The summed E-state index contributed by atoms with van der Waals surface area (Å²) in [4.78, 5) is 29.6. The zero-order valence-corrected chi connectivity index (χ0v) is 17.6. The van der Waals surface area contributed by atoms with Gasteiger partial charge in [-0.05, 0) is 55.5 Å². The van der Waals surface area contributed by atoms with Crippen LogP contribution in [-0.4, -0.2) is 22.4 Å². The number of hydrogen-bond donors (Lipinski definition) is 0. The lowest BCUT2D eigenvalue weighted by molar-refractivity contribution is -0.123. The normalized spacial score (nSPS) is 15.7. The van der Waals surface area contributed by atoms with Gasteiger partial charge in [0.1, 0.15) is 5.54 Å². The van der Waals surface area contributed by atoms with E-state index in [0.29, 0.717) is 12.2 Å². The number of benzene rings is 3. The number of nitrogens with zero attached hydrogens (tertiary/aromatic N) is 2. The molecule has 4 heteroatoms. The molecule has 0 atom stereocenters. The summed E-state index contributed by atoms with van der Waals surface area (Å²) in [5.74, 6) is -0.192. The monoisotopic (exact) mass is 398 g/mol. The van der Waals surface area contributed by atoms with E-state index < -0.39 is 5.54 Å². The number of hydrogen-bond acceptors (Lipinski definition) is 2. The quantitative estimate of drug-likeness (QED) is 0.545. The number of urea groups is 1. The van der Waals surface area contributed by atoms with Crippen LogP contribution in [0.4, 0.5) is 10.5 Å². The molecule has 3 aromatic rings. The van der Waals surface area contributed by atoms with E-state index in [1.165, 1.54) is 10.5 Å². The van der Waals surface area contributed by atoms with Crippen molar-refractivity contribution in [3.05, 3.63) is 101 Å². The molecule has 3 amide bonds. The van der Waals surface area contributed by atoms with E-state index in [-0.39, 0.29) is 11.9 Å². The Morgan fingerprint density at radius 2 is 1.37 bits per heavy atom. The number of para-hydroxylation sites is 1. The van der Waals surface area contributed by atoms with E-state index in [1.54, 1.807) is 4.90 Å². The summed E-state index contributed by atoms with van der Waals surface area (Å²) in [6.07, 6.45) is 0.787. The summed E-state index contributed by atoms with van der Waals surface area (Å²) in [6, 6.07) is 25.7. The number of aryl methyl sites for hydroxylation is 1. The van der Waals surface area contributed by atoms with E-state index in [1.807, 2.05) is 81.4 Å². The Morgan fingerprint density at radius 3 is 2.07 bits per heavy atom. The van der Waals surface area contributed by atoms with Crippen LogP contribution in [-0.2, 0) is 17.8 Å². The highest BCUT2D eigenvalue weighted by Crippen LogP contribution is 2.35. The van der Waals surface area contributed by atoms with Crippen LogP contribution in [0.5, 0.6) is 0 Å². The highest BCUT2D eigenvalue weighted by molar-refractivity contribution is 6.23. The summed E-state index contributed by atoms with van der Waals surface area (Å²) >= 11 is 0. The van der Waals surface area contributed by atoms with Crippen LogP contribution >= 0.6 is 0 Å². The lowest BCUT2D eigenvalue weighted by Crippen LogP contribution is -2.43. The van der Waals surface area contributed by atoms with Crippen molar-refractivity contribution in [1.29, 1.82) is 0 Å². The first-order valence-corrected chi connectivity index (χ1v) is 10.2. The van der Waals surface area contributed by atoms with Crippen molar-refractivity contribution in [1.82, 2.24) is 4.90 Å². The molecular weight excluding hydrogens is 372 g/mol. The molecule has 4 nitrogen and oxygen atoms in total.